The van der Waals surface area contributed by atoms with E-state index in [9.17, 15) is 4.39 Å². The quantitative estimate of drug-likeness (QED) is 0.323. The summed E-state index contributed by atoms with van der Waals surface area (Å²) in [5, 5.41) is 0. The molecular formula is C28H39FO2. The summed E-state index contributed by atoms with van der Waals surface area (Å²) in [5.74, 6) is 0.368. The van der Waals surface area contributed by atoms with E-state index in [4.69, 9.17) is 9.47 Å². The molecule has 2 nitrogen and oxygen atoms in total. The van der Waals surface area contributed by atoms with E-state index in [1.54, 1.807) is 6.07 Å². The Hall–Kier alpha value is -1.71. The Morgan fingerprint density at radius 2 is 1.48 bits per heavy atom. The molecular weight excluding hydrogens is 387 g/mol. The number of aryl methyl sites for hydroxylation is 2. The minimum atomic E-state index is -0.162. The van der Waals surface area contributed by atoms with Gasteiger partial charge in [-0.05, 0) is 42.0 Å². The highest BCUT2D eigenvalue weighted by Crippen LogP contribution is 2.26. The third-order valence-corrected chi connectivity index (χ3v) is 6.26. The summed E-state index contributed by atoms with van der Waals surface area (Å²) < 4.78 is 26.6. The van der Waals surface area contributed by atoms with Crippen LogP contribution in [0.2, 0.25) is 0 Å². The van der Waals surface area contributed by atoms with Gasteiger partial charge in [0.05, 0.1) is 13.2 Å². The third-order valence-electron chi connectivity index (χ3n) is 6.26. The van der Waals surface area contributed by atoms with E-state index in [-0.39, 0.29) is 12.1 Å². The molecule has 0 amide bonds. The molecule has 2 aromatic rings. The molecule has 1 heterocycles. The predicted molar refractivity (Wildman–Crippen MR) is 127 cm³/mol. The van der Waals surface area contributed by atoms with Gasteiger partial charge in [0.25, 0.3) is 0 Å². The monoisotopic (exact) mass is 426 g/mol. The van der Waals surface area contributed by atoms with Gasteiger partial charge in [-0.15, -0.1) is 0 Å². The number of ether oxygens (including phenoxy) is 2. The summed E-state index contributed by atoms with van der Waals surface area (Å²) in [5.41, 5.74) is 3.89. The van der Waals surface area contributed by atoms with E-state index >= 15 is 0 Å². The second-order valence-corrected chi connectivity index (χ2v) is 8.96. The Balaban J connectivity index is 1.42. The third kappa shape index (κ3) is 7.73. The number of unbranched alkanes of at least 4 members (excludes halogenated alkanes) is 4. The van der Waals surface area contributed by atoms with Gasteiger partial charge in [-0.25, -0.2) is 4.39 Å². The average Bonchev–Trinajstić information content (AvgIpc) is 2.79. The van der Waals surface area contributed by atoms with Crippen molar-refractivity contribution in [1.29, 1.82) is 0 Å². The van der Waals surface area contributed by atoms with Crippen molar-refractivity contribution in [1.82, 2.24) is 0 Å². The Kier molecular flexibility index (Phi) is 10.0. The average molecular weight is 427 g/mol. The van der Waals surface area contributed by atoms with Gasteiger partial charge in [0.15, 0.2) is 6.29 Å². The standard InChI is InChI=1S/C28H39FO2/c1-3-5-6-7-8-10-24-20-30-28(31-21-24)18-14-23-13-17-26(27(29)19-23)25-15-11-22(9-4-2)12-16-25/h11-13,15-17,19,24,28H,3-10,14,18,20-21H2,1-2H3. The normalized spacial score (nSPS) is 18.9. The van der Waals surface area contributed by atoms with E-state index in [0.717, 1.165) is 50.0 Å². The Bertz CT molecular complexity index is 763. The fraction of sp³-hybridized carbons (Fsp3) is 0.571. The first-order valence-corrected chi connectivity index (χ1v) is 12.3. The summed E-state index contributed by atoms with van der Waals surface area (Å²) in [6.45, 7) is 6.00. The number of benzene rings is 2. The lowest BCUT2D eigenvalue weighted by Crippen LogP contribution is -2.32. The molecule has 2 aromatic carbocycles. The number of hydrogen-bond acceptors (Lipinski definition) is 2. The van der Waals surface area contributed by atoms with E-state index in [2.05, 4.69) is 26.0 Å². The second kappa shape index (κ2) is 13.0. The maximum Gasteiger partial charge on any atom is 0.157 e. The highest BCUT2D eigenvalue weighted by molar-refractivity contribution is 5.64. The van der Waals surface area contributed by atoms with Crippen molar-refractivity contribution < 1.29 is 13.9 Å². The van der Waals surface area contributed by atoms with Crippen LogP contribution in [0.4, 0.5) is 4.39 Å². The lowest BCUT2D eigenvalue weighted by molar-refractivity contribution is -0.203. The fourth-order valence-electron chi connectivity index (χ4n) is 4.33. The van der Waals surface area contributed by atoms with Crippen LogP contribution in [0, 0.1) is 11.7 Å². The van der Waals surface area contributed by atoms with Gasteiger partial charge >= 0.3 is 0 Å². The van der Waals surface area contributed by atoms with Crippen molar-refractivity contribution in [2.45, 2.75) is 84.3 Å². The Morgan fingerprint density at radius 1 is 0.774 bits per heavy atom. The lowest BCUT2D eigenvalue weighted by atomic mass is 9.99. The summed E-state index contributed by atoms with van der Waals surface area (Å²) in [6, 6.07) is 13.8. The first-order valence-electron chi connectivity index (χ1n) is 12.3. The highest BCUT2D eigenvalue weighted by Gasteiger charge is 2.21. The van der Waals surface area contributed by atoms with Crippen LogP contribution in [-0.4, -0.2) is 19.5 Å². The zero-order chi connectivity index (χ0) is 21.9. The van der Waals surface area contributed by atoms with Crippen molar-refractivity contribution in [2.24, 2.45) is 5.92 Å². The smallest absolute Gasteiger partial charge is 0.157 e. The molecule has 0 spiro atoms. The van der Waals surface area contributed by atoms with Crippen LogP contribution < -0.4 is 0 Å². The van der Waals surface area contributed by atoms with Crippen molar-refractivity contribution in [3.63, 3.8) is 0 Å². The molecule has 0 bridgehead atoms. The predicted octanol–water partition coefficient (Wildman–Crippen LogP) is 7.73. The van der Waals surface area contributed by atoms with Crippen molar-refractivity contribution >= 4 is 0 Å². The van der Waals surface area contributed by atoms with Gasteiger partial charge in [-0.1, -0.05) is 88.8 Å². The molecule has 0 radical (unpaired) electrons. The highest BCUT2D eigenvalue weighted by atomic mass is 19.1. The molecule has 0 N–H and O–H groups in total. The van der Waals surface area contributed by atoms with E-state index in [1.807, 2.05) is 24.3 Å². The second-order valence-electron chi connectivity index (χ2n) is 8.96. The molecule has 1 saturated heterocycles. The van der Waals surface area contributed by atoms with Crippen LogP contribution in [0.15, 0.2) is 42.5 Å². The molecule has 3 heteroatoms. The number of halogens is 1. The molecule has 1 fully saturated rings. The van der Waals surface area contributed by atoms with E-state index < -0.39 is 0 Å². The van der Waals surface area contributed by atoms with Gasteiger partial charge in [-0.3, -0.25) is 0 Å². The molecule has 0 aliphatic carbocycles. The number of hydrogen-bond donors (Lipinski definition) is 0. The molecule has 170 valence electrons. The molecule has 1 aliphatic rings. The summed E-state index contributed by atoms with van der Waals surface area (Å²) in [4.78, 5) is 0. The van der Waals surface area contributed by atoms with Crippen molar-refractivity contribution in [2.75, 3.05) is 13.2 Å². The largest absolute Gasteiger partial charge is 0.352 e. The molecule has 3 rings (SSSR count). The zero-order valence-electron chi connectivity index (χ0n) is 19.4. The summed E-state index contributed by atoms with van der Waals surface area (Å²) in [7, 11) is 0. The zero-order valence-corrected chi connectivity index (χ0v) is 19.4. The van der Waals surface area contributed by atoms with Gasteiger partial charge < -0.3 is 9.47 Å². The van der Waals surface area contributed by atoms with Crippen LogP contribution in [0.5, 0.6) is 0 Å². The SMILES string of the molecule is CCCCCCCC1COC(CCc2ccc(-c3ccc(CCC)cc3)c(F)c2)OC1. The van der Waals surface area contributed by atoms with E-state index in [1.165, 1.54) is 44.1 Å². The molecule has 0 atom stereocenters. The van der Waals surface area contributed by atoms with Gasteiger partial charge in [0.1, 0.15) is 5.82 Å². The van der Waals surface area contributed by atoms with Gasteiger partial charge in [0, 0.05) is 17.9 Å². The summed E-state index contributed by atoms with van der Waals surface area (Å²) >= 11 is 0. The van der Waals surface area contributed by atoms with E-state index in [0.29, 0.717) is 11.5 Å². The molecule has 31 heavy (non-hydrogen) atoms. The van der Waals surface area contributed by atoms with Crippen LogP contribution >= 0.6 is 0 Å². The molecule has 1 aliphatic heterocycles. The fourth-order valence-corrected chi connectivity index (χ4v) is 4.33. The maximum atomic E-state index is 14.7. The van der Waals surface area contributed by atoms with Crippen molar-refractivity contribution in [3.05, 3.63) is 59.4 Å². The molecule has 0 saturated carbocycles. The van der Waals surface area contributed by atoms with Crippen LogP contribution in [0.3, 0.4) is 0 Å². The summed E-state index contributed by atoms with van der Waals surface area (Å²) in [6.07, 6.45) is 11.3. The first-order chi connectivity index (χ1) is 15.2. The van der Waals surface area contributed by atoms with Crippen LogP contribution in [0.1, 0.15) is 76.3 Å². The van der Waals surface area contributed by atoms with Crippen molar-refractivity contribution in [3.8, 4) is 11.1 Å². The van der Waals surface area contributed by atoms with Gasteiger partial charge in [0.2, 0.25) is 0 Å². The lowest BCUT2D eigenvalue weighted by Gasteiger charge is -2.29. The van der Waals surface area contributed by atoms with Crippen LogP contribution in [-0.2, 0) is 22.3 Å². The Labute approximate surface area is 188 Å². The first kappa shape index (κ1) is 23.9. The maximum absolute atomic E-state index is 14.7. The minimum Gasteiger partial charge on any atom is -0.352 e. The van der Waals surface area contributed by atoms with Gasteiger partial charge in [-0.2, -0.15) is 0 Å². The topological polar surface area (TPSA) is 18.5 Å². The minimum absolute atomic E-state index is 0.158. The molecule has 0 aromatic heterocycles. The number of rotatable bonds is 12. The Morgan fingerprint density at radius 3 is 2.16 bits per heavy atom. The van der Waals surface area contributed by atoms with Crippen LogP contribution in [0.25, 0.3) is 11.1 Å². The molecule has 0 unspecified atom stereocenters.